The summed E-state index contributed by atoms with van der Waals surface area (Å²) in [5.41, 5.74) is 1.20. The van der Waals surface area contributed by atoms with Crippen LogP contribution in [0.1, 0.15) is 44.5 Å². The molecule has 122 valence electrons. The highest BCUT2D eigenvalue weighted by molar-refractivity contribution is 5.97. The van der Waals surface area contributed by atoms with Gasteiger partial charge in [0.2, 0.25) is 5.91 Å². The normalized spacial score (nSPS) is 12.0. The van der Waals surface area contributed by atoms with Crippen molar-refractivity contribution >= 4 is 17.5 Å². The molecule has 1 atom stereocenters. The maximum absolute atomic E-state index is 12.1. The highest BCUT2D eigenvalue weighted by atomic mass is 16.2. The summed E-state index contributed by atoms with van der Waals surface area (Å²) in [6.07, 6.45) is 0.881. The number of rotatable bonds is 8. The second-order valence-corrected chi connectivity index (χ2v) is 5.37. The molecule has 0 radical (unpaired) electrons. The number of carbonyl (C=O) groups excluding carboxylic acids is 2. The highest BCUT2D eigenvalue weighted by Crippen LogP contribution is 2.11. The molecule has 1 aromatic carbocycles. The van der Waals surface area contributed by atoms with Crippen molar-refractivity contribution in [1.29, 1.82) is 0 Å². The summed E-state index contributed by atoms with van der Waals surface area (Å²) in [5.74, 6) is -0.183. The first-order chi connectivity index (χ1) is 10.5. The van der Waals surface area contributed by atoms with Crippen molar-refractivity contribution < 1.29 is 9.59 Å². The van der Waals surface area contributed by atoms with Crippen molar-refractivity contribution in [3.8, 4) is 0 Å². The number of carbonyl (C=O) groups is 2. The van der Waals surface area contributed by atoms with Gasteiger partial charge in [-0.05, 0) is 44.6 Å². The Balaban J connectivity index is 2.67. The van der Waals surface area contributed by atoms with E-state index in [2.05, 4.69) is 10.6 Å². The molecule has 0 saturated heterocycles. The average Bonchev–Trinajstić information content (AvgIpc) is 2.52. The maximum atomic E-state index is 12.1. The Morgan fingerprint density at radius 2 is 1.86 bits per heavy atom. The van der Waals surface area contributed by atoms with Gasteiger partial charge < -0.3 is 10.6 Å². The summed E-state index contributed by atoms with van der Waals surface area (Å²) in [5, 5.41) is 5.76. The number of nitrogens with zero attached hydrogens (tertiary/aromatic N) is 1. The van der Waals surface area contributed by atoms with Crippen LogP contribution in [0.25, 0.3) is 0 Å². The van der Waals surface area contributed by atoms with Crippen LogP contribution in [-0.4, -0.2) is 42.4 Å². The van der Waals surface area contributed by atoms with Crippen LogP contribution in [0.4, 0.5) is 5.69 Å². The molecular formula is C17H27N3O2. The van der Waals surface area contributed by atoms with Crippen molar-refractivity contribution in [3.05, 3.63) is 29.8 Å². The highest BCUT2D eigenvalue weighted by Gasteiger charge is 2.11. The van der Waals surface area contributed by atoms with Crippen LogP contribution in [0.3, 0.4) is 0 Å². The molecule has 2 amide bonds. The lowest BCUT2D eigenvalue weighted by Gasteiger charge is -2.17. The lowest BCUT2D eigenvalue weighted by molar-refractivity contribution is -0.117. The minimum atomic E-state index is -0.116. The second-order valence-electron chi connectivity index (χ2n) is 5.37. The monoisotopic (exact) mass is 305 g/mol. The fraction of sp³-hybridized carbons (Fsp3) is 0.529. The van der Waals surface area contributed by atoms with Gasteiger partial charge in [-0.25, -0.2) is 0 Å². The lowest BCUT2D eigenvalue weighted by atomic mass is 10.1. The van der Waals surface area contributed by atoms with Crippen LogP contribution in [0.2, 0.25) is 0 Å². The maximum Gasteiger partial charge on any atom is 0.251 e. The van der Waals surface area contributed by atoms with Gasteiger partial charge >= 0.3 is 0 Å². The quantitative estimate of drug-likeness (QED) is 0.775. The van der Waals surface area contributed by atoms with E-state index in [1.54, 1.807) is 24.3 Å². The molecule has 0 aliphatic carbocycles. The van der Waals surface area contributed by atoms with Crippen LogP contribution in [0.15, 0.2) is 24.3 Å². The van der Waals surface area contributed by atoms with Crippen LogP contribution >= 0.6 is 0 Å². The van der Waals surface area contributed by atoms with Gasteiger partial charge in [0.15, 0.2) is 0 Å². The first-order valence-electron chi connectivity index (χ1n) is 7.93. The Hall–Kier alpha value is -1.88. The summed E-state index contributed by atoms with van der Waals surface area (Å²) in [4.78, 5) is 26.1. The molecule has 1 rings (SSSR count). The van der Waals surface area contributed by atoms with Gasteiger partial charge in [0.05, 0.1) is 6.54 Å². The van der Waals surface area contributed by atoms with E-state index in [0.29, 0.717) is 17.8 Å². The summed E-state index contributed by atoms with van der Waals surface area (Å²) in [7, 11) is 0. The molecular weight excluding hydrogens is 278 g/mol. The zero-order valence-corrected chi connectivity index (χ0v) is 14.0. The van der Waals surface area contributed by atoms with E-state index in [1.165, 1.54) is 0 Å². The van der Waals surface area contributed by atoms with Crippen molar-refractivity contribution in [2.75, 3.05) is 25.0 Å². The van der Waals surface area contributed by atoms with E-state index in [1.807, 2.05) is 32.6 Å². The van der Waals surface area contributed by atoms with E-state index in [0.717, 1.165) is 19.5 Å². The average molecular weight is 305 g/mol. The van der Waals surface area contributed by atoms with E-state index < -0.39 is 0 Å². The molecule has 0 fully saturated rings. The fourth-order valence-electron chi connectivity index (χ4n) is 2.00. The topological polar surface area (TPSA) is 61.4 Å². The van der Waals surface area contributed by atoms with Crippen molar-refractivity contribution in [2.45, 2.75) is 40.2 Å². The van der Waals surface area contributed by atoms with E-state index >= 15 is 0 Å². The second kappa shape index (κ2) is 9.20. The van der Waals surface area contributed by atoms with Crippen LogP contribution in [-0.2, 0) is 4.79 Å². The molecule has 0 heterocycles. The fourth-order valence-corrected chi connectivity index (χ4v) is 2.00. The van der Waals surface area contributed by atoms with Gasteiger partial charge in [0.25, 0.3) is 5.91 Å². The van der Waals surface area contributed by atoms with Gasteiger partial charge in [0, 0.05) is 17.3 Å². The van der Waals surface area contributed by atoms with Gasteiger partial charge in [0.1, 0.15) is 0 Å². The number of anilines is 1. The van der Waals surface area contributed by atoms with Crippen LogP contribution in [0.5, 0.6) is 0 Å². The minimum Gasteiger partial charge on any atom is -0.350 e. The molecule has 0 aromatic heterocycles. The smallest absolute Gasteiger partial charge is 0.251 e. The third-order valence-electron chi connectivity index (χ3n) is 3.66. The minimum absolute atomic E-state index is 0.0665. The molecule has 0 saturated carbocycles. The van der Waals surface area contributed by atoms with Crippen molar-refractivity contribution in [2.24, 2.45) is 0 Å². The standard InChI is InChI=1S/C17H27N3O2/c1-5-13(4)18-17(22)14-9-8-10-15(11-14)19-16(21)12-20(6-2)7-3/h8-11,13H,5-7,12H2,1-4H3,(H,18,22)(H,19,21). The molecule has 0 aliphatic heterocycles. The molecule has 5 nitrogen and oxygen atoms in total. The molecule has 5 heteroatoms. The van der Waals surface area contributed by atoms with E-state index in [-0.39, 0.29) is 17.9 Å². The molecule has 2 N–H and O–H groups in total. The molecule has 22 heavy (non-hydrogen) atoms. The number of amides is 2. The number of likely N-dealkylation sites (N-methyl/N-ethyl adjacent to an activating group) is 1. The predicted molar refractivity (Wildman–Crippen MR) is 90.1 cm³/mol. The van der Waals surface area contributed by atoms with Crippen molar-refractivity contribution in [1.82, 2.24) is 10.2 Å². The van der Waals surface area contributed by atoms with E-state index in [4.69, 9.17) is 0 Å². The van der Waals surface area contributed by atoms with Gasteiger partial charge in [-0.15, -0.1) is 0 Å². The first kappa shape index (κ1) is 18.2. The Morgan fingerprint density at radius 1 is 1.18 bits per heavy atom. The Labute approximate surface area is 133 Å². The van der Waals surface area contributed by atoms with Crippen LogP contribution in [0, 0.1) is 0 Å². The molecule has 1 unspecified atom stereocenters. The zero-order chi connectivity index (χ0) is 16.5. The molecule has 0 spiro atoms. The first-order valence-corrected chi connectivity index (χ1v) is 7.93. The van der Waals surface area contributed by atoms with E-state index in [9.17, 15) is 9.59 Å². The van der Waals surface area contributed by atoms with Gasteiger partial charge in [-0.2, -0.15) is 0 Å². The van der Waals surface area contributed by atoms with Gasteiger partial charge in [-0.1, -0.05) is 26.8 Å². The Bertz CT molecular complexity index is 498. The summed E-state index contributed by atoms with van der Waals surface area (Å²) in [6, 6.07) is 7.15. The number of nitrogens with one attached hydrogen (secondary N) is 2. The SMILES string of the molecule is CCC(C)NC(=O)c1cccc(NC(=O)CN(CC)CC)c1. The Kier molecular flexibility index (Phi) is 7.60. The zero-order valence-electron chi connectivity index (χ0n) is 14.0. The van der Waals surface area contributed by atoms with Gasteiger partial charge in [-0.3, -0.25) is 14.5 Å². The van der Waals surface area contributed by atoms with Crippen LogP contribution < -0.4 is 10.6 Å². The van der Waals surface area contributed by atoms with Crippen molar-refractivity contribution in [3.63, 3.8) is 0 Å². The summed E-state index contributed by atoms with van der Waals surface area (Å²) < 4.78 is 0. The third-order valence-corrected chi connectivity index (χ3v) is 3.66. The summed E-state index contributed by atoms with van der Waals surface area (Å²) in [6.45, 7) is 10.1. The largest absolute Gasteiger partial charge is 0.350 e. The number of hydrogen-bond donors (Lipinski definition) is 2. The number of benzene rings is 1. The molecule has 1 aromatic rings. The Morgan fingerprint density at radius 3 is 2.45 bits per heavy atom. The molecule has 0 aliphatic rings. The summed E-state index contributed by atoms with van der Waals surface area (Å²) >= 11 is 0. The third kappa shape index (κ3) is 5.85. The molecule has 0 bridgehead atoms. The number of hydrogen-bond acceptors (Lipinski definition) is 3. The lowest BCUT2D eigenvalue weighted by Crippen LogP contribution is -2.33. The predicted octanol–water partition coefficient (Wildman–Crippen LogP) is 2.50.